The number of hydrogen-bond donors (Lipinski definition) is 1. The van der Waals surface area contributed by atoms with Crippen LogP contribution in [0.15, 0.2) is 12.7 Å². The number of rotatable bonds is 9. The smallest absolute Gasteiger partial charge is 0.0773 e. The van der Waals surface area contributed by atoms with Crippen molar-refractivity contribution in [2.75, 3.05) is 13.7 Å². The molecule has 0 heterocycles. The molecule has 1 atom stereocenters. The lowest BCUT2D eigenvalue weighted by Gasteiger charge is -2.08. The summed E-state index contributed by atoms with van der Waals surface area (Å²) < 4.78 is 4.84. The number of unbranched alkanes of at least 4 members (excludes halogenated alkanes) is 4. The maximum absolute atomic E-state index is 9.31. The molecule has 13 heavy (non-hydrogen) atoms. The minimum absolute atomic E-state index is 0.274. The van der Waals surface area contributed by atoms with Gasteiger partial charge in [-0.05, 0) is 19.3 Å². The molecule has 0 saturated carbocycles. The molecule has 0 rings (SSSR count). The Morgan fingerprint density at radius 1 is 1.31 bits per heavy atom. The first-order chi connectivity index (χ1) is 6.31. The summed E-state index contributed by atoms with van der Waals surface area (Å²) in [7, 11) is 1.62. The Kier molecular flexibility index (Phi) is 9.49. The Morgan fingerprint density at radius 2 is 2.00 bits per heavy atom. The summed E-state index contributed by atoms with van der Waals surface area (Å²) in [5.74, 6) is 0. The van der Waals surface area contributed by atoms with Gasteiger partial charge in [-0.2, -0.15) is 0 Å². The molecule has 0 bridgehead atoms. The predicted molar refractivity (Wildman–Crippen MR) is 55.8 cm³/mol. The van der Waals surface area contributed by atoms with Crippen LogP contribution >= 0.6 is 0 Å². The van der Waals surface area contributed by atoms with Crippen molar-refractivity contribution < 1.29 is 9.84 Å². The normalized spacial score (nSPS) is 12.8. The van der Waals surface area contributed by atoms with Gasteiger partial charge in [0, 0.05) is 7.11 Å². The summed E-state index contributed by atoms with van der Waals surface area (Å²) in [5, 5.41) is 9.31. The lowest BCUT2D eigenvalue weighted by molar-refractivity contribution is 0.0576. The fraction of sp³-hybridized carbons (Fsp3) is 0.818. The molecule has 2 nitrogen and oxygen atoms in total. The lowest BCUT2D eigenvalue weighted by atomic mass is 10.1. The number of aliphatic hydroxyl groups is 1. The van der Waals surface area contributed by atoms with Gasteiger partial charge in [0.25, 0.3) is 0 Å². The second kappa shape index (κ2) is 9.75. The highest BCUT2D eigenvalue weighted by Crippen LogP contribution is 2.07. The Morgan fingerprint density at radius 3 is 2.62 bits per heavy atom. The average Bonchev–Trinajstić information content (AvgIpc) is 2.11. The van der Waals surface area contributed by atoms with E-state index in [4.69, 9.17) is 4.74 Å². The van der Waals surface area contributed by atoms with Crippen LogP contribution in [0.2, 0.25) is 0 Å². The molecule has 0 aliphatic rings. The van der Waals surface area contributed by atoms with E-state index >= 15 is 0 Å². The van der Waals surface area contributed by atoms with Crippen LogP contribution < -0.4 is 0 Å². The monoisotopic (exact) mass is 186 g/mol. The van der Waals surface area contributed by atoms with Crippen LogP contribution in [-0.4, -0.2) is 24.9 Å². The first-order valence-corrected chi connectivity index (χ1v) is 5.09. The third-order valence-corrected chi connectivity index (χ3v) is 2.05. The van der Waals surface area contributed by atoms with Crippen LogP contribution in [0, 0.1) is 0 Å². The minimum atomic E-state index is -0.274. The van der Waals surface area contributed by atoms with E-state index in [9.17, 15) is 5.11 Å². The lowest BCUT2D eigenvalue weighted by Crippen LogP contribution is -2.13. The molecule has 0 aromatic rings. The van der Waals surface area contributed by atoms with E-state index < -0.39 is 0 Å². The van der Waals surface area contributed by atoms with E-state index in [0.29, 0.717) is 6.61 Å². The first kappa shape index (κ1) is 12.7. The third kappa shape index (κ3) is 9.57. The Labute approximate surface area is 81.6 Å². The summed E-state index contributed by atoms with van der Waals surface area (Å²) in [5.41, 5.74) is 0. The SMILES string of the molecule is C=CCCCCCCC(O)COC. The first-order valence-electron chi connectivity index (χ1n) is 5.09. The van der Waals surface area contributed by atoms with Crippen LogP contribution in [0.3, 0.4) is 0 Å². The molecule has 0 fully saturated rings. The Hall–Kier alpha value is -0.340. The number of allylic oxidation sites excluding steroid dienone is 1. The van der Waals surface area contributed by atoms with Crippen molar-refractivity contribution in [2.24, 2.45) is 0 Å². The number of aliphatic hydroxyl groups excluding tert-OH is 1. The number of ether oxygens (including phenoxy) is 1. The van der Waals surface area contributed by atoms with Gasteiger partial charge in [-0.25, -0.2) is 0 Å². The molecule has 0 amide bonds. The fourth-order valence-electron chi connectivity index (χ4n) is 1.30. The Balaban J connectivity index is 3.01. The maximum Gasteiger partial charge on any atom is 0.0773 e. The van der Waals surface area contributed by atoms with Crippen molar-refractivity contribution in [3.05, 3.63) is 12.7 Å². The highest BCUT2D eigenvalue weighted by Gasteiger charge is 2.01. The van der Waals surface area contributed by atoms with Gasteiger partial charge in [0.2, 0.25) is 0 Å². The topological polar surface area (TPSA) is 29.5 Å². The second-order valence-corrected chi connectivity index (χ2v) is 3.39. The molecule has 0 aliphatic carbocycles. The molecule has 1 unspecified atom stereocenters. The molecule has 0 aromatic carbocycles. The van der Waals surface area contributed by atoms with Gasteiger partial charge >= 0.3 is 0 Å². The summed E-state index contributed by atoms with van der Waals surface area (Å²) in [6, 6.07) is 0. The van der Waals surface area contributed by atoms with Crippen molar-refractivity contribution in [2.45, 2.75) is 44.6 Å². The molecule has 0 saturated heterocycles. The molecule has 2 heteroatoms. The zero-order chi connectivity index (χ0) is 9.94. The summed E-state index contributed by atoms with van der Waals surface area (Å²) in [6.45, 7) is 4.14. The minimum Gasteiger partial charge on any atom is -0.391 e. The summed E-state index contributed by atoms with van der Waals surface area (Å²) >= 11 is 0. The van der Waals surface area contributed by atoms with Crippen LogP contribution in [0.5, 0.6) is 0 Å². The van der Waals surface area contributed by atoms with Gasteiger partial charge < -0.3 is 9.84 Å². The van der Waals surface area contributed by atoms with Gasteiger partial charge in [-0.3, -0.25) is 0 Å². The second-order valence-electron chi connectivity index (χ2n) is 3.39. The zero-order valence-corrected chi connectivity index (χ0v) is 8.67. The van der Waals surface area contributed by atoms with Crippen LogP contribution in [0.25, 0.3) is 0 Å². The largest absolute Gasteiger partial charge is 0.391 e. The number of hydrogen-bond acceptors (Lipinski definition) is 2. The highest BCUT2D eigenvalue weighted by molar-refractivity contribution is 4.65. The standard InChI is InChI=1S/C11H22O2/c1-3-4-5-6-7-8-9-11(12)10-13-2/h3,11-12H,1,4-10H2,2H3. The van der Waals surface area contributed by atoms with Crippen molar-refractivity contribution >= 4 is 0 Å². The molecular weight excluding hydrogens is 164 g/mol. The predicted octanol–water partition coefficient (Wildman–Crippen LogP) is 2.52. The summed E-state index contributed by atoms with van der Waals surface area (Å²) in [6.07, 6.45) is 8.43. The molecule has 0 spiro atoms. The van der Waals surface area contributed by atoms with Crippen molar-refractivity contribution in [1.82, 2.24) is 0 Å². The number of methoxy groups -OCH3 is 1. The van der Waals surface area contributed by atoms with Crippen LogP contribution in [0.1, 0.15) is 38.5 Å². The van der Waals surface area contributed by atoms with E-state index in [2.05, 4.69) is 6.58 Å². The zero-order valence-electron chi connectivity index (χ0n) is 8.67. The van der Waals surface area contributed by atoms with Gasteiger partial charge in [0.05, 0.1) is 12.7 Å². The molecule has 0 aliphatic heterocycles. The maximum atomic E-state index is 9.31. The molecule has 1 N–H and O–H groups in total. The summed E-state index contributed by atoms with van der Waals surface area (Å²) in [4.78, 5) is 0. The third-order valence-electron chi connectivity index (χ3n) is 2.05. The van der Waals surface area contributed by atoms with Crippen LogP contribution in [0.4, 0.5) is 0 Å². The van der Waals surface area contributed by atoms with E-state index in [-0.39, 0.29) is 6.10 Å². The van der Waals surface area contributed by atoms with E-state index in [0.717, 1.165) is 19.3 Å². The highest BCUT2D eigenvalue weighted by atomic mass is 16.5. The van der Waals surface area contributed by atoms with Gasteiger partial charge in [0.1, 0.15) is 0 Å². The van der Waals surface area contributed by atoms with Gasteiger partial charge in [0.15, 0.2) is 0 Å². The van der Waals surface area contributed by atoms with E-state index in [1.165, 1.54) is 19.3 Å². The average molecular weight is 186 g/mol. The molecule has 0 radical (unpaired) electrons. The van der Waals surface area contributed by atoms with Gasteiger partial charge in [-0.1, -0.05) is 25.3 Å². The molecule has 78 valence electrons. The van der Waals surface area contributed by atoms with E-state index in [1.54, 1.807) is 7.11 Å². The molecular formula is C11H22O2. The van der Waals surface area contributed by atoms with Crippen molar-refractivity contribution in [3.8, 4) is 0 Å². The fourth-order valence-corrected chi connectivity index (χ4v) is 1.30. The van der Waals surface area contributed by atoms with Crippen LogP contribution in [-0.2, 0) is 4.74 Å². The molecule has 0 aromatic heterocycles. The van der Waals surface area contributed by atoms with E-state index in [1.807, 2.05) is 6.08 Å². The quantitative estimate of drug-likeness (QED) is 0.443. The van der Waals surface area contributed by atoms with Crippen molar-refractivity contribution in [3.63, 3.8) is 0 Å². The van der Waals surface area contributed by atoms with Crippen molar-refractivity contribution in [1.29, 1.82) is 0 Å². The Bertz CT molecular complexity index is 113. The van der Waals surface area contributed by atoms with Gasteiger partial charge in [-0.15, -0.1) is 6.58 Å².